The Morgan fingerprint density at radius 3 is 2.17 bits per heavy atom. The third-order valence-electron chi connectivity index (χ3n) is 5.46. The molecule has 0 aliphatic carbocycles. The third kappa shape index (κ3) is 9.14. The van der Waals surface area contributed by atoms with Crippen molar-refractivity contribution in [2.24, 2.45) is 5.92 Å². The molecule has 0 heterocycles. The molecule has 36 heavy (non-hydrogen) atoms. The van der Waals surface area contributed by atoms with E-state index in [0.717, 1.165) is 11.8 Å². The van der Waals surface area contributed by atoms with Gasteiger partial charge in [0.05, 0.1) is 22.0 Å². The fourth-order valence-electron chi connectivity index (χ4n) is 3.48. The number of anilines is 1. The molecule has 0 aromatic heterocycles. The minimum Gasteiger partial charge on any atom is -0.354 e. The van der Waals surface area contributed by atoms with Gasteiger partial charge in [-0.05, 0) is 61.2 Å². The van der Waals surface area contributed by atoms with Gasteiger partial charge in [0, 0.05) is 31.1 Å². The summed E-state index contributed by atoms with van der Waals surface area (Å²) in [4.78, 5) is 27.6. The highest BCUT2D eigenvalue weighted by atomic mass is 35.5. The molecular formula is C25H32Cl3N3O4S. The molecule has 1 unspecified atom stereocenters. The van der Waals surface area contributed by atoms with Crippen LogP contribution in [-0.4, -0.2) is 50.5 Å². The van der Waals surface area contributed by atoms with E-state index in [1.807, 2.05) is 13.8 Å². The average molecular weight is 577 g/mol. The molecule has 0 saturated carbocycles. The average Bonchev–Trinajstić information content (AvgIpc) is 2.80. The number of nitrogens with one attached hydrogen (secondary N) is 1. The lowest BCUT2D eigenvalue weighted by molar-refractivity contribution is -0.140. The molecule has 0 radical (unpaired) electrons. The molecule has 0 aliphatic heterocycles. The Bertz CT molecular complexity index is 1160. The summed E-state index contributed by atoms with van der Waals surface area (Å²) in [7, 11) is -3.58. The zero-order valence-electron chi connectivity index (χ0n) is 20.8. The molecule has 7 nitrogen and oxygen atoms in total. The molecule has 1 N–H and O–H groups in total. The molecule has 2 rings (SSSR count). The van der Waals surface area contributed by atoms with Crippen molar-refractivity contribution < 1.29 is 18.0 Å². The Morgan fingerprint density at radius 1 is 0.972 bits per heavy atom. The van der Waals surface area contributed by atoms with Crippen LogP contribution in [0.25, 0.3) is 0 Å². The second-order valence-electron chi connectivity index (χ2n) is 9.00. The molecule has 0 spiro atoms. The highest BCUT2D eigenvalue weighted by Gasteiger charge is 2.27. The first kappa shape index (κ1) is 30.2. The number of amides is 2. The monoisotopic (exact) mass is 575 g/mol. The lowest BCUT2D eigenvalue weighted by Gasteiger charge is -2.30. The molecule has 1 atom stereocenters. The van der Waals surface area contributed by atoms with Crippen molar-refractivity contribution in [2.75, 3.05) is 23.7 Å². The first-order valence-corrected chi connectivity index (χ1v) is 14.5. The molecule has 2 amide bonds. The molecule has 0 fully saturated rings. The van der Waals surface area contributed by atoms with Gasteiger partial charge in [-0.25, -0.2) is 8.42 Å². The minimum absolute atomic E-state index is 0.0444. The van der Waals surface area contributed by atoms with Crippen LogP contribution in [0.2, 0.25) is 15.1 Å². The summed E-state index contributed by atoms with van der Waals surface area (Å²) >= 11 is 18.1. The van der Waals surface area contributed by atoms with E-state index in [1.54, 1.807) is 49.4 Å². The Balaban J connectivity index is 2.18. The maximum atomic E-state index is 13.3. The SMILES string of the molecule is CC(C)CNC(=O)C(C)N(Cc1ccc(Cl)c(Cl)c1)C(=O)CCCN(c1ccc(Cl)cc1)S(C)(=O)=O. The fraction of sp³-hybridized carbons (Fsp3) is 0.440. The summed E-state index contributed by atoms with van der Waals surface area (Å²) in [5.41, 5.74) is 1.18. The summed E-state index contributed by atoms with van der Waals surface area (Å²) in [6.45, 7) is 6.37. The van der Waals surface area contributed by atoms with Gasteiger partial charge in [0.2, 0.25) is 21.8 Å². The summed E-state index contributed by atoms with van der Waals surface area (Å²) in [5.74, 6) is -0.288. The molecule has 2 aromatic rings. The topological polar surface area (TPSA) is 86.8 Å². The van der Waals surface area contributed by atoms with Gasteiger partial charge in [0.1, 0.15) is 6.04 Å². The first-order valence-electron chi connectivity index (χ1n) is 11.5. The summed E-state index contributed by atoms with van der Waals surface area (Å²) in [5, 5.41) is 4.10. The second kappa shape index (κ2) is 13.5. The van der Waals surface area contributed by atoms with Gasteiger partial charge in [-0.1, -0.05) is 54.7 Å². The maximum absolute atomic E-state index is 13.3. The molecule has 11 heteroatoms. The molecule has 0 aliphatic rings. The summed E-state index contributed by atoms with van der Waals surface area (Å²) < 4.78 is 26.0. The van der Waals surface area contributed by atoms with Crippen LogP contribution in [0, 0.1) is 5.92 Å². The van der Waals surface area contributed by atoms with Crippen molar-refractivity contribution in [1.82, 2.24) is 10.2 Å². The van der Waals surface area contributed by atoms with Crippen molar-refractivity contribution in [2.45, 2.75) is 46.2 Å². The maximum Gasteiger partial charge on any atom is 0.242 e. The highest BCUT2D eigenvalue weighted by molar-refractivity contribution is 7.92. The Morgan fingerprint density at radius 2 is 1.61 bits per heavy atom. The fourth-order valence-corrected chi connectivity index (χ4v) is 4.89. The molecule has 198 valence electrons. The summed E-state index contributed by atoms with van der Waals surface area (Å²) in [6.07, 6.45) is 1.41. The van der Waals surface area contributed by atoms with E-state index in [9.17, 15) is 18.0 Å². The van der Waals surface area contributed by atoms with Crippen molar-refractivity contribution in [1.29, 1.82) is 0 Å². The predicted octanol–water partition coefficient (Wildman–Crippen LogP) is 5.38. The van der Waals surface area contributed by atoms with E-state index in [2.05, 4.69) is 5.32 Å². The van der Waals surface area contributed by atoms with Crippen LogP contribution in [0.4, 0.5) is 5.69 Å². The minimum atomic E-state index is -3.58. The van der Waals surface area contributed by atoms with Gasteiger partial charge in [0.15, 0.2) is 0 Å². The standard InChI is InChI=1S/C25H32Cl3N3O4S/c1-17(2)15-29-25(33)18(3)30(16-19-7-12-22(27)23(28)14-19)24(32)6-5-13-31(36(4,34)35)21-10-8-20(26)9-11-21/h7-12,14,17-18H,5-6,13,15-16H2,1-4H3,(H,29,33). The Labute approximate surface area is 228 Å². The van der Waals surface area contributed by atoms with Crippen LogP contribution in [-0.2, 0) is 26.2 Å². The van der Waals surface area contributed by atoms with E-state index in [4.69, 9.17) is 34.8 Å². The lowest BCUT2D eigenvalue weighted by atomic mass is 10.1. The number of halogens is 3. The van der Waals surface area contributed by atoms with Crippen LogP contribution in [0.3, 0.4) is 0 Å². The number of nitrogens with zero attached hydrogens (tertiary/aromatic N) is 2. The summed E-state index contributed by atoms with van der Waals surface area (Å²) in [6, 6.07) is 10.8. The first-order chi connectivity index (χ1) is 16.8. The van der Waals surface area contributed by atoms with Crippen molar-refractivity contribution in [3.05, 3.63) is 63.1 Å². The van der Waals surface area contributed by atoms with Gasteiger partial charge < -0.3 is 10.2 Å². The predicted molar refractivity (Wildman–Crippen MR) is 147 cm³/mol. The van der Waals surface area contributed by atoms with E-state index in [-0.39, 0.29) is 43.7 Å². The van der Waals surface area contributed by atoms with Crippen molar-refractivity contribution >= 4 is 62.3 Å². The molecule has 0 saturated heterocycles. The van der Waals surface area contributed by atoms with Gasteiger partial charge in [-0.3, -0.25) is 13.9 Å². The number of benzene rings is 2. The van der Waals surface area contributed by atoms with Crippen molar-refractivity contribution in [3.63, 3.8) is 0 Å². The van der Waals surface area contributed by atoms with Gasteiger partial charge in [0.25, 0.3) is 0 Å². The van der Waals surface area contributed by atoms with Gasteiger partial charge >= 0.3 is 0 Å². The number of carbonyl (C=O) groups is 2. The van der Waals surface area contributed by atoms with Crippen LogP contribution in [0.15, 0.2) is 42.5 Å². The third-order valence-corrected chi connectivity index (χ3v) is 7.64. The molecule has 0 bridgehead atoms. The molecule has 2 aromatic carbocycles. The number of rotatable bonds is 12. The second-order valence-corrected chi connectivity index (χ2v) is 12.2. The quantitative estimate of drug-likeness (QED) is 0.367. The number of carbonyl (C=O) groups excluding carboxylic acids is 2. The largest absolute Gasteiger partial charge is 0.354 e. The zero-order valence-corrected chi connectivity index (χ0v) is 23.9. The van der Waals surface area contributed by atoms with E-state index in [1.165, 1.54) is 9.21 Å². The van der Waals surface area contributed by atoms with Crippen LogP contribution < -0.4 is 9.62 Å². The van der Waals surface area contributed by atoms with Crippen LogP contribution >= 0.6 is 34.8 Å². The lowest BCUT2D eigenvalue weighted by Crippen LogP contribution is -2.48. The van der Waals surface area contributed by atoms with E-state index in [0.29, 0.717) is 27.3 Å². The Kier molecular flexibility index (Phi) is 11.3. The number of hydrogen-bond donors (Lipinski definition) is 1. The van der Waals surface area contributed by atoms with Crippen LogP contribution in [0.1, 0.15) is 39.2 Å². The molecular weight excluding hydrogens is 545 g/mol. The van der Waals surface area contributed by atoms with Crippen molar-refractivity contribution in [3.8, 4) is 0 Å². The van der Waals surface area contributed by atoms with Gasteiger partial charge in [-0.2, -0.15) is 0 Å². The highest BCUT2D eigenvalue weighted by Crippen LogP contribution is 2.25. The smallest absolute Gasteiger partial charge is 0.242 e. The number of sulfonamides is 1. The van der Waals surface area contributed by atoms with E-state index < -0.39 is 16.1 Å². The zero-order chi connectivity index (χ0) is 27.0. The van der Waals surface area contributed by atoms with Gasteiger partial charge in [-0.15, -0.1) is 0 Å². The number of hydrogen-bond acceptors (Lipinski definition) is 4. The van der Waals surface area contributed by atoms with E-state index >= 15 is 0 Å². The van der Waals surface area contributed by atoms with Crippen LogP contribution in [0.5, 0.6) is 0 Å². The Hall–Kier alpha value is -2.00. The normalized spacial score (nSPS) is 12.3.